The number of nitriles is 1. The van der Waals surface area contributed by atoms with Crippen LogP contribution in [0.1, 0.15) is 22.2 Å². The van der Waals surface area contributed by atoms with Gasteiger partial charge < -0.3 is 4.42 Å². The number of ketones is 1. The van der Waals surface area contributed by atoms with E-state index in [1.165, 1.54) is 0 Å². The van der Waals surface area contributed by atoms with Crippen molar-refractivity contribution in [2.75, 3.05) is 0 Å². The van der Waals surface area contributed by atoms with Gasteiger partial charge >= 0.3 is 0 Å². The molecule has 0 spiro atoms. The number of carbonyl (C=O) groups excluding carboxylic acids is 1. The van der Waals surface area contributed by atoms with Crippen LogP contribution < -0.4 is 0 Å². The van der Waals surface area contributed by atoms with Crippen LogP contribution in [0.15, 0.2) is 46.9 Å². The van der Waals surface area contributed by atoms with Gasteiger partial charge in [-0.3, -0.25) is 4.79 Å². The van der Waals surface area contributed by atoms with E-state index in [2.05, 4.69) is 4.98 Å². The fourth-order valence-corrected chi connectivity index (χ4v) is 2.06. The Bertz CT molecular complexity index is 879. The molecular formula is C16H8F2N2O2. The minimum Gasteiger partial charge on any atom is -0.439 e. The van der Waals surface area contributed by atoms with E-state index in [0.717, 1.165) is 18.2 Å². The average molecular weight is 298 g/mol. The zero-order valence-corrected chi connectivity index (χ0v) is 11.1. The van der Waals surface area contributed by atoms with Gasteiger partial charge in [0.25, 0.3) is 0 Å². The molecule has 0 fully saturated rings. The van der Waals surface area contributed by atoms with E-state index in [4.69, 9.17) is 4.42 Å². The topological polar surface area (TPSA) is 66.9 Å². The number of carbonyl (C=O) groups is 1. The Balaban J connectivity index is 2.01. The zero-order valence-electron chi connectivity index (χ0n) is 11.1. The molecule has 0 N–H and O–H groups in total. The van der Waals surface area contributed by atoms with E-state index in [0.29, 0.717) is 11.1 Å². The highest BCUT2D eigenvalue weighted by molar-refractivity contribution is 6.02. The number of hydrogen-bond acceptors (Lipinski definition) is 4. The van der Waals surface area contributed by atoms with Gasteiger partial charge in [0.1, 0.15) is 5.52 Å². The summed E-state index contributed by atoms with van der Waals surface area (Å²) in [4.78, 5) is 16.4. The quantitative estimate of drug-likeness (QED) is 0.693. The van der Waals surface area contributed by atoms with Crippen LogP contribution in [0.25, 0.3) is 11.1 Å². The molecule has 3 rings (SSSR count). The van der Waals surface area contributed by atoms with Crippen LogP contribution in [0.4, 0.5) is 8.78 Å². The molecule has 0 aliphatic carbocycles. The summed E-state index contributed by atoms with van der Waals surface area (Å²) < 4.78 is 31.5. The van der Waals surface area contributed by atoms with Crippen LogP contribution in [0.5, 0.6) is 0 Å². The maximum atomic E-state index is 13.2. The Hall–Kier alpha value is -3.07. The molecule has 0 aliphatic rings. The number of para-hydroxylation sites is 2. The summed E-state index contributed by atoms with van der Waals surface area (Å²) in [5.41, 5.74) is 0.833. The van der Waals surface area contributed by atoms with E-state index in [-0.39, 0.29) is 11.5 Å². The molecule has 0 aliphatic heterocycles. The smallest absolute Gasteiger partial charge is 0.220 e. The van der Waals surface area contributed by atoms with Crippen molar-refractivity contribution in [1.29, 1.82) is 5.26 Å². The second-order valence-electron chi connectivity index (χ2n) is 4.58. The number of fused-ring (bicyclic) bond motifs is 1. The molecule has 0 saturated heterocycles. The van der Waals surface area contributed by atoms with E-state index >= 15 is 0 Å². The molecule has 0 saturated carbocycles. The van der Waals surface area contributed by atoms with Crippen molar-refractivity contribution in [2.45, 2.75) is 5.92 Å². The van der Waals surface area contributed by atoms with Crippen molar-refractivity contribution in [3.05, 3.63) is 65.6 Å². The highest BCUT2D eigenvalue weighted by Gasteiger charge is 2.27. The predicted molar refractivity (Wildman–Crippen MR) is 73.1 cm³/mol. The zero-order chi connectivity index (χ0) is 15.7. The van der Waals surface area contributed by atoms with Crippen LogP contribution in [-0.2, 0) is 0 Å². The molecule has 1 aromatic heterocycles. The first kappa shape index (κ1) is 13.9. The molecule has 0 radical (unpaired) electrons. The monoisotopic (exact) mass is 298 g/mol. The first-order valence-corrected chi connectivity index (χ1v) is 6.34. The largest absolute Gasteiger partial charge is 0.439 e. The Morgan fingerprint density at radius 1 is 1.18 bits per heavy atom. The molecule has 0 bridgehead atoms. The van der Waals surface area contributed by atoms with Crippen LogP contribution in [0.3, 0.4) is 0 Å². The number of hydrogen-bond donors (Lipinski definition) is 0. The second-order valence-corrected chi connectivity index (χ2v) is 4.58. The van der Waals surface area contributed by atoms with E-state index in [1.807, 2.05) is 0 Å². The Morgan fingerprint density at radius 2 is 1.95 bits per heavy atom. The van der Waals surface area contributed by atoms with E-state index in [9.17, 15) is 18.8 Å². The summed E-state index contributed by atoms with van der Waals surface area (Å²) in [6.07, 6.45) is 0. The lowest BCUT2D eigenvalue weighted by atomic mass is 9.98. The summed E-state index contributed by atoms with van der Waals surface area (Å²) >= 11 is 0. The third-order valence-corrected chi connectivity index (χ3v) is 3.15. The fraction of sp³-hybridized carbons (Fsp3) is 0.0625. The molecule has 108 valence electrons. The Morgan fingerprint density at radius 3 is 2.64 bits per heavy atom. The number of nitrogens with zero attached hydrogens (tertiary/aromatic N) is 2. The van der Waals surface area contributed by atoms with Gasteiger partial charge in [-0.2, -0.15) is 5.26 Å². The molecular weight excluding hydrogens is 290 g/mol. The van der Waals surface area contributed by atoms with Crippen molar-refractivity contribution in [2.24, 2.45) is 0 Å². The molecule has 1 heterocycles. The van der Waals surface area contributed by atoms with Crippen molar-refractivity contribution in [3.63, 3.8) is 0 Å². The predicted octanol–water partition coefficient (Wildman–Crippen LogP) is 3.60. The number of oxazole rings is 1. The van der Waals surface area contributed by atoms with Crippen LogP contribution in [0.2, 0.25) is 0 Å². The number of benzene rings is 2. The molecule has 1 atom stereocenters. The van der Waals surface area contributed by atoms with Crippen molar-refractivity contribution in [3.8, 4) is 6.07 Å². The molecule has 4 nitrogen and oxygen atoms in total. The molecule has 3 aromatic rings. The highest BCUT2D eigenvalue weighted by Crippen LogP contribution is 2.24. The van der Waals surface area contributed by atoms with Gasteiger partial charge in [-0.1, -0.05) is 12.1 Å². The van der Waals surface area contributed by atoms with Crippen LogP contribution in [0, 0.1) is 23.0 Å². The van der Waals surface area contributed by atoms with Gasteiger partial charge in [-0.05, 0) is 30.3 Å². The van der Waals surface area contributed by atoms with Gasteiger partial charge in [-0.25, -0.2) is 13.8 Å². The lowest BCUT2D eigenvalue weighted by Gasteiger charge is -2.04. The standard InChI is InChI=1S/C16H8F2N2O2/c17-11-6-5-9(7-12(11)18)15(21)10(8-19)16-20-13-3-1-2-4-14(13)22-16/h1-7,10H. The van der Waals surface area contributed by atoms with Crippen LogP contribution in [-0.4, -0.2) is 10.8 Å². The number of rotatable bonds is 3. The first-order valence-electron chi connectivity index (χ1n) is 6.34. The minimum absolute atomic E-state index is 0.0709. The Kier molecular flexibility index (Phi) is 3.39. The Labute approximate surface area is 123 Å². The first-order chi connectivity index (χ1) is 10.6. The number of halogens is 2. The summed E-state index contributed by atoms with van der Waals surface area (Å²) in [6, 6.07) is 11.3. The van der Waals surface area contributed by atoms with Crippen molar-refractivity contribution < 1.29 is 18.0 Å². The average Bonchev–Trinajstić information content (AvgIpc) is 2.94. The molecule has 1 unspecified atom stereocenters. The van der Waals surface area contributed by atoms with Crippen molar-refractivity contribution >= 4 is 16.9 Å². The van der Waals surface area contributed by atoms with E-state index < -0.39 is 23.3 Å². The normalized spacial score (nSPS) is 12.0. The minimum atomic E-state index is -1.32. The van der Waals surface area contributed by atoms with Crippen molar-refractivity contribution in [1.82, 2.24) is 4.98 Å². The summed E-state index contributed by atoms with van der Waals surface area (Å²) in [5, 5.41) is 9.22. The number of aromatic nitrogens is 1. The summed E-state index contributed by atoms with van der Waals surface area (Å²) in [5.74, 6) is -4.31. The maximum Gasteiger partial charge on any atom is 0.220 e. The van der Waals surface area contributed by atoms with Gasteiger partial charge in [0, 0.05) is 5.56 Å². The van der Waals surface area contributed by atoms with Gasteiger partial charge in [0.2, 0.25) is 5.89 Å². The molecule has 6 heteroatoms. The maximum absolute atomic E-state index is 13.2. The lowest BCUT2D eigenvalue weighted by molar-refractivity contribution is 0.0969. The third kappa shape index (κ3) is 2.33. The van der Waals surface area contributed by atoms with Crippen LogP contribution >= 0.6 is 0 Å². The highest BCUT2D eigenvalue weighted by atomic mass is 19.2. The van der Waals surface area contributed by atoms with Gasteiger partial charge in [0.15, 0.2) is 28.9 Å². The summed E-state index contributed by atoms with van der Waals surface area (Å²) in [6.45, 7) is 0. The second kappa shape index (κ2) is 5.37. The summed E-state index contributed by atoms with van der Waals surface area (Å²) in [7, 11) is 0. The molecule has 2 aromatic carbocycles. The number of Topliss-reactive ketones (excluding diaryl/α,β-unsaturated/α-hetero) is 1. The molecule has 22 heavy (non-hydrogen) atoms. The van der Waals surface area contributed by atoms with Gasteiger partial charge in [-0.15, -0.1) is 0 Å². The molecule has 0 amide bonds. The van der Waals surface area contributed by atoms with Gasteiger partial charge in [0.05, 0.1) is 6.07 Å². The fourth-order valence-electron chi connectivity index (χ4n) is 2.06. The van der Waals surface area contributed by atoms with E-state index in [1.54, 1.807) is 30.3 Å². The SMILES string of the molecule is N#CC(C(=O)c1ccc(F)c(F)c1)c1nc2ccccc2o1. The lowest BCUT2D eigenvalue weighted by Crippen LogP contribution is -2.12. The third-order valence-electron chi connectivity index (χ3n) is 3.15.